The van der Waals surface area contributed by atoms with E-state index in [1.165, 1.54) is 44.2 Å². The maximum atomic E-state index is 12.8. The van der Waals surface area contributed by atoms with Gasteiger partial charge in [-0.2, -0.15) is 0 Å². The molecule has 0 heterocycles. The summed E-state index contributed by atoms with van der Waals surface area (Å²) in [6.07, 6.45) is 9.90. The zero-order valence-electron chi connectivity index (χ0n) is 17.9. The average Bonchev–Trinajstić information content (AvgIpc) is 2.67. The average molecular weight is 445 g/mol. The van der Waals surface area contributed by atoms with Gasteiger partial charge < -0.3 is 9.47 Å². The largest absolute Gasteiger partial charge is 0.465 e. The minimum Gasteiger partial charge on any atom is -0.465 e. The van der Waals surface area contributed by atoms with Gasteiger partial charge in [-0.1, -0.05) is 88.9 Å². The molecule has 0 spiro atoms. The van der Waals surface area contributed by atoms with E-state index in [0.29, 0.717) is 29.5 Å². The Morgan fingerprint density at radius 3 is 1.83 bits per heavy atom. The van der Waals surface area contributed by atoms with Crippen LogP contribution in [0.4, 0.5) is 0 Å². The van der Waals surface area contributed by atoms with Crippen LogP contribution in [0.25, 0.3) is 0 Å². The van der Waals surface area contributed by atoms with Crippen LogP contribution in [0.1, 0.15) is 85.0 Å². The predicted octanol–water partition coefficient (Wildman–Crippen LogP) is 7.39. The van der Waals surface area contributed by atoms with Crippen molar-refractivity contribution in [2.24, 2.45) is 5.41 Å². The quantitative estimate of drug-likeness (QED) is 0.130. The van der Waals surface area contributed by atoms with Crippen molar-refractivity contribution in [3.05, 3.63) is 28.2 Å². The number of esters is 2. The highest BCUT2D eigenvalue weighted by atomic mass is 35.5. The van der Waals surface area contributed by atoms with E-state index in [2.05, 4.69) is 6.92 Å². The van der Waals surface area contributed by atoms with Gasteiger partial charge in [-0.05, 0) is 37.5 Å². The van der Waals surface area contributed by atoms with E-state index >= 15 is 0 Å². The van der Waals surface area contributed by atoms with Crippen molar-refractivity contribution in [3.63, 3.8) is 0 Å². The maximum absolute atomic E-state index is 12.8. The van der Waals surface area contributed by atoms with E-state index < -0.39 is 17.4 Å². The molecule has 164 valence electrons. The molecule has 0 N–H and O–H groups in total. The number of benzene rings is 1. The van der Waals surface area contributed by atoms with Gasteiger partial charge in [0.2, 0.25) is 0 Å². The third-order valence-electron chi connectivity index (χ3n) is 5.27. The van der Waals surface area contributed by atoms with Crippen molar-refractivity contribution in [1.29, 1.82) is 0 Å². The summed E-state index contributed by atoms with van der Waals surface area (Å²) >= 11 is 11.9. The van der Waals surface area contributed by atoms with Gasteiger partial charge in [0.1, 0.15) is 5.75 Å². The van der Waals surface area contributed by atoms with Crippen LogP contribution in [-0.4, -0.2) is 18.5 Å². The Hall–Kier alpha value is -1.26. The monoisotopic (exact) mass is 444 g/mol. The van der Waals surface area contributed by atoms with Gasteiger partial charge in [0, 0.05) is 10.0 Å². The van der Waals surface area contributed by atoms with E-state index in [9.17, 15) is 9.59 Å². The number of halogens is 2. The number of rotatable bonds is 14. The lowest BCUT2D eigenvalue weighted by Gasteiger charge is -2.26. The zero-order valence-corrected chi connectivity index (χ0v) is 19.4. The highest BCUT2D eigenvalue weighted by molar-refractivity contribution is 6.34. The Morgan fingerprint density at radius 2 is 1.31 bits per heavy atom. The number of carbonyl (C=O) groups is 2. The standard InChI is InChI=1S/C23H34Cl2O4/c1-4-7-8-9-10-11-12-13-14-28-21(26)23(5-2,6-3)22(27)29-20-16-18(24)15-19(25)17-20/h15-17H,4-14H2,1-3H3. The van der Waals surface area contributed by atoms with Crippen LogP contribution in [0.15, 0.2) is 18.2 Å². The molecule has 0 amide bonds. The molecule has 0 aliphatic carbocycles. The first kappa shape index (κ1) is 25.8. The van der Waals surface area contributed by atoms with Crippen LogP contribution < -0.4 is 4.74 Å². The van der Waals surface area contributed by atoms with Gasteiger partial charge in [-0.25, -0.2) is 0 Å². The molecule has 4 nitrogen and oxygen atoms in total. The molecule has 1 aromatic rings. The van der Waals surface area contributed by atoms with Crippen molar-refractivity contribution in [3.8, 4) is 5.75 Å². The van der Waals surface area contributed by atoms with Gasteiger partial charge in [-0.3, -0.25) is 9.59 Å². The number of unbranched alkanes of at least 4 members (excludes halogenated alkanes) is 7. The van der Waals surface area contributed by atoms with Crippen molar-refractivity contribution in [2.75, 3.05) is 6.61 Å². The summed E-state index contributed by atoms with van der Waals surface area (Å²) in [5, 5.41) is 0.715. The van der Waals surface area contributed by atoms with Crippen LogP contribution in [0.3, 0.4) is 0 Å². The molecule has 29 heavy (non-hydrogen) atoms. The van der Waals surface area contributed by atoms with Gasteiger partial charge in [0.25, 0.3) is 0 Å². The second-order valence-corrected chi connectivity index (χ2v) is 8.27. The third-order valence-corrected chi connectivity index (χ3v) is 5.70. The minimum absolute atomic E-state index is 0.217. The molecule has 0 aliphatic rings. The Bertz CT molecular complexity index is 622. The lowest BCUT2D eigenvalue weighted by atomic mass is 9.82. The van der Waals surface area contributed by atoms with Gasteiger partial charge in [0.05, 0.1) is 6.61 Å². The first-order valence-electron chi connectivity index (χ1n) is 10.7. The fourth-order valence-corrected chi connectivity index (χ4v) is 3.75. The maximum Gasteiger partial charge on any atom is 0.328 e. The lowest BCUT2D eigenvalue weighted by Crippen LogP contribution is -2.42. The highest BCUT2D eigenvalue weighted by Gasteiger charge is 2.46. The van der Waals surface area contributed by atoms with Crippen molar-refractivity contribution in [1.82, 2.24) is 0 Å². The summed E-state index contributed by atoms with van der Waals surface area (Å²) in [6.45, 7) is 6.10. The summed E-state index contributed by atoms with van der Waals surface area (Å²) in [7, 11) is 0. The van der Waals surface area contributed by atoms with Crippen LogP contribution >= 0.6 is 23.2 Å². The first-order valence-corrected chi connectivity index (χ1v) is 11.5. The van der Waals surface area contributed by atoms with Gasteiger partial charge in [0.15, 0.2) is 5.41 Å². The van der Waals surface area contributed by atoms with Crippen molar-refractivity contribution in [2.45, 2.75) is 85.0 Å². The third kappa shape index (κ3) is 8.55. The molecule has 1 aromatic carbocycles. The minimum atomic E-state index is -1.32. The molecule has 0 fully saturated rings. The normalized spacial score (nSPS) is 11.3. The molecular weight excluding hydrogens is 411 g/mol. The number of hydrogen-bond donors (Lipinski definition) is 0. The fourth-order valence-electron chi connectivity index (χ4n) is 3.24. The molecule has 0 atom stereocenters. The summed E-state index contributed by atoms with van der Waals surface area (Å²) in [5.41, 5.74) is -1.32. The van der Waals surface area contributed by atoms with E-state index in [1.54, 1.807) is 19.9 Å². The molecular formula is C23H34Cl2O4. The first-order chi connectivity index (χ1) is 13.9. The second-order valence-electron chi connectivity index (χ2n) is 7.39. The Balaban J connectivity index is 2.53. The Kier molecular flexibility index (Phi) is 12.3. The molecule has 0 unspecified atom stereocenters. The number of hydrogen-bond acceptors (Lipinski definition) is 4. The van der Waals surface area contributed by atoms with Crippen LogP contribution in [0, 0.1) is 5.41 Å². The summed E-state index contributed by atoms with van der Waals surface area (Å²) in [6, 6.07) is 4.53. The molecule has 1 rings (SSSR count). The van der Waals surface area contributed by atoms with E-state index in [4.69, 9.17) is 32.7 Å². The molecule has 0 radical (unpaired) electrons. The van der Waals surface area contributed by atoms with Crippen LogP contribution in [0.2, 0.25) is 10.0 Å². The summed E-state index contributed by atoms with van der Waals surface area (Å²) in [4.78, 5) is 25.5. The van der Waals surface area contributed by atoms with E-state index in [0.717, 1.165) is 19.3 Å². The molecule has 0 saturated heterocycles. The van der Waals surface area contributed by atoms with Crippen LogP contribution in [0.5, 0.6) is 5.75 Å². The molecule has 0 aliphatic heterocycles. The Labute approximate surface area is 185 Å². The number of ether oxygens (including phenoxy) is 2. The topological polar surface area (TPSA) is 52.6 Å². The number of carbonyl (C=O) groups excluding carboxylic acids is 2. The predicted molar refractivity (Wildman–Crippen MR) is 119 cm³/mol. The zero-order chi connectivity index (χ0) is 21.7. The summed E-state index contributed by atoms with van der Waals surface area (Å²) in [5.74, 6) is -0.944. The van der Waals surface area contributed by atoms with E-state index in [1.807, 2.05) is 0 Å². The second kappa shape index (κ2) is 13.9. The van der Waals surface area contributed by atoms with Gasteiger partial charge in [-0.15, -0.1) is 0 Å². The highest BCUT2D eigenvalue weighted by Crippen LogP contribution is 2.32. The molecule has 0 saturated carbocycles. The van der Waals surface area contributed by atoms with E-state index in [-0.39, 0.29) is 5.75 Å². The molecule has 0 aromatic heterocycles. The lowest BCUT2D eigenvalue weighted by molar-refractivity contribution is -0.168. The van der Waals surface area contributed by atoms with Crippen molar-refractivity contribution >= 4 is 35.1 Å². The Morgan fingerprint density at radius 1 is 0.793 bits per heavy atom. The van der Waals surface area contributed by atoms with Crippen LogP contribution in [-0.2, 0) is 14.3 Å². The van der Waals surface area contributed by atoms with Crippen molar-refractivity contribution < 1.29 is 19.1 Å². The molecule has 6 heteroatoms. The van der Waals surface area contributed by atoms with Gasteiger partial charge >= 0.3 is 11.9 Å². The fraction of sp³-hybridized carbons (Fsp3) is 0.652. The smallest absolute Gasteiger partial charge is 0.328 e. The molecule has 0 bridgehead atoms. The summed E-state index contributed by atoms with van der Waals surface area (Å²) < 4.78 is 10.9. The SMILES string of the molecule is CCCCCCCCCCOC(=O)C(CC)(CC)C(=O)Oc1cc(Cl)cc(Cl)c1.